The molecule has 58 heavy (non-hydrogen) atoms. The number of nitrogens with zero attached hydrogens (tertiary/aromatic N) is 1. The molecule has 0 aliphatic carbocycles. The van der Waals surface area contributed by atoms with Gasteiger partial charge in [0.15, 0.2) is 0 Å². The number of carbonyl (C=O) groups is 4. The smallest absolute Gasteiger partial charge is 0.305 e. The zero-order valence-electron chi connectivity index (χ0n) is 38.2. The van der Waals surface area contributed by atoms with E-state index in [0.717, 1.165) is 129 Å². The number of carbonyl (C=O) groups excluding carboxylic acids is 4. The number of unbranched alkanes of at least 4 members (excludes halogenated alkanes) is 18. The highest BCUT2D eigenvalue weighted by atomic mass is 16.6. The number of hydrogen-bond acceptors (Lipinski definition) is 10. The fourth-order valence-electron chi connectivity index (χ4n) is 7.07. The van der Waals surface area contributed by atoms with Crippen LogP contribution in [-0.4, -0.2) is 86.6 Å². The molecule has 0 fully saturated rings. The molecule has 0 rings (SSSR count). The van der Waals surface area contributed by atoms with Crippen LogP contribution in [0.3, 0.4) is 0 Å². The number of hydrogen-bond donors (Lipinski definition) is 1. The summed E-state index contributed by atoms with van der Waals surface area (Å²) in [6.45, 7) is 12.1. The molecule has 0 aromatic carbocycles. The van der Waals surface area contributed by atoms with Crippen LogP contribution in [0.1, 0.15) is 220 Å². The lowest BCUT2D eigenvalue weighted by molar-refractivity contribution is -0.151. The van der Waals surface area contributed by atoms with Gasteiger partial charge in [0.25, 0.3) is 0 Å². The van der Waals surface area contributed by atoms with E-state index in [0.29, 0.717) is 32.2 Å². The Labute approximate surface area is 356 Å². The minimum Gasteiger partial charge on any atom is -0.465 e. The summed E-state index contributed by atoms with van der Waals surface area (Å²) >= 11 is 0. The van der Waals surface area contributed by atoms with Crippen LogP contribution < -0.4 is 0 Å². The first kappa shape index (κ1) is 55.8. The lowest BCUT2D eigenvalue weighted by Crippen LogP contribution is -2.29. The summed E-state index contributed by atoms with van der Waals surface area (Å²) in [5, 5.41) is 9.79. The average Bonchev–Trinajstić information content (AvgIpc) is 3.21. The van der Waals surface area contributed by atoms with E-state index in [1.54, 1.807) is 0 Å². The van der Waals surface area contributed by atoms with Gasteiger partial charge in [-0.1, -0.05) is 143 Å². The van der Waals surface area contributed by atoms with Crippen LogP contribution in [0.4, 0.5) is 0 Å². The molecule has 0 aromatic heterocycles. The predicted molar refractivity (Wildman–Crippen MR) is 236 cm³/mol. The van der Waals surface area contributed by atoms with Crippen LogP contribution in [0.5, 0.6) is 0 Å². The van der Waals surface area contributed by atoms with E-state index >= 15 is 0 Å². The fourth-order valence-corrected chi connectivity index (χ4v) is 7.07. The molecule has 0 amide bonds. The number of rotatable bonds is 44. The van der Waals surface area contributed by atoms with Gasteiger partial charge in [-0.05, 0) is 64.5 Å². The van der Waals surface area contributed by atoms with Crippen molar-refractivity contribution in [3.05, 3.63) is 0 Å². The maximum Gasteiger partial charge on any atom is 0.305 e. The standard InChI is InChI=1S/C48H91NO9/c1-5-9-13-17-21-31-45(51)55-39-43(40-56-46(52)32-22-18-14-10-6-2)29-25-27-35-49(37-38-50)36-28-26-30-44(41-57-47(53)33-23-19-15-11-7-3)42-58-48(54)34-24-20-16-12-8-4/h43-44,50H,5-42H2,1-4H3. The van der Waals surface area contributed by atoms with Crippen molar-refractivity contribution < 1.29 is 43.2 Å². The zero-order valence-corrected chi connectivity index (χ0v) is 38.2. The van der Waals surface area contributed by atoms with Crippen molar-refractivity contribution in [2.24, 2.45) is 11.8 Å². The van der Waals surface area contributed by atoms with Crippen LogP contribution in [0.15, 0.2) is 0 Å². The first-order chi connectivity index (χ1) is 28.3. The van der Waals surface area contributed by atoms with Gasteiger partial charge in [-0.25, -0.2) is 0 Å². The van der Waals surface area contributed by atoms with Gasteiger partial charge >= 0.3 is 23.9 Å². The summed E-state index contributed by atoms with van der Waals surface area (Å²) in [6.07, 6.45) is 28.4. The van der Waals surface area contributed by atoms with Crippen LogP contribution in [0, 0.1) is 11.8 Å². The Hall–Kier alpha value is -2.20. The van der Waals surface area contributed by atoms with Crippen molar-refractivity contribution in [3.8, 4) is 0 Å². The van der Waals surface area contributed by atoms with Crippen molar-refractivity contribution in [2.45, 2.75) is 220 Å². The Morgan fingerprint density at radius 2 is 0.655 bits per heavy atom. The van der Waals surface area contributed by atoms with E-state index < -0.39 is 0 Å². The number of ether oxygens (including phenoxy) is 4. The molecule has 0 heterocycles. The van der Waals surface area contributed by atoms with Crippen LogP contribution in [0.25, 0.3) is 0 Å². The molecule has 0 atom stereocenters. The molecule has 0 aliphatic rings. The Morgan fingerprint density at radius 1 is 0.379 bits per heavy atom. The second-order valence-electron chi connectivity index (χ2n) is 16.7. The Balaban J connectivity index is 4.95. The largest absolute Gasteiger partial charge is 0.465 e. The minimum absolute atomic E-state index is 0.0402. The summed E-state index contributed by atoms with van der Waals surface area (Å²) in [5.74, 6) is -0.776. The maximum atomic E-state index is 12.5. The maximum absolute atomic E-state index is 12.5. The van der Waals surface area contributed by atoms with Crippen molar-refractivity contribution in [1.82, 2.24) is 4.90 Å². The molecule has 10 nitrogen and oxygen atoms in total. The van der Waals surface area contributed by atoms with E-state index in [4.69, 9.17) is 18.9 Å². The number of aliphatic hydroxyl groups is 1. The number of aliphatic hydroxyl groups excluding tert-OH is 1. The predicted octanol–water partition coefficient (Wildman–Crippen LogP) is 11.5. The molecule has 0 spiro atoms. The van der Waals surface area contributed by atoms with E-state index in [1.807, 2.05) is 0 Å². The molecule has 0 bridgehead atoms. The van der Waals surface area contributed by atoms with E-state index in [-0.39, 0.29) is 68.7 Å². The van der Waals surface area contributed by atoms with Crippen LogP contribution in [-0.2, 0) is 38.1 Å². The van der Waals surface area contributed by atoms with Gasteiger partial charge in [0.05, 0.1) is 33.0 Å². The molecule has 0 saturated heterocycles. The summed E-state index contributed by atoms with van der Waals surface area (Å²) in [4.78, 5) is 52.1. The second kappa shape index (κ2) is 42.9. The lowest BCUT2D eigenvalue weighted by atomic mass is 10.0. The van der Waals surface area contributed by atoms with Crippen molar-refractivity contribution in [3.63, 3.8) is 0 Å². The normalized spacial score (nSPS) is 11.4. The van der Waals surface area contributed by atoms with Crippen molar-refractivity contribution >= 4 is 23.9 Å². The third kappa shape index (κ3) is 38.0. The molecule has 342 valence electrons. The van der Waals surface area contributed by atoms with Crippen molar-refractivity contribution in [2.75, 3.05) is 52.7 Å². The van der Waals surface area contributed by atoms with Gasteiger partial charge in [-0.15, -0.1) is 0 Å². The second-order valence-corrected chi connectivity index (χ2v) is 16.7. The summed E-state index contributed by atoms with van der Waals surface area (Å²) in [5.41, 5.74) is 0. The van der Waals surface area contributed by atoms with Crippen LogP contribution in [0.2, 0.25) is 0 Å². The van der Waals surface area contributed by atoms with E-state index in [9.17, 15) is 24.3 Å². The molecule has 0 unspecified atom stereocenters. The van der Waals surface area contributed by atoms with E-state index in [2.05, 4.69) is 32.6 Å². The highest BCUT2D eigenvalue weighted by Gasteiger charge is 2.18. The molecular formula is C48H91NO9. The Bertz CT molecular complexity index is 829. The average molecular weight is 826 g/mol. The topological polar surface area (TPSA) is 129 Å². The third-order valence-corrected chi connectivity index (χ3v) is 10.9. The molecule has 0 saturated carbocycles. The minimum atomic E-state index is -0.174. The SMILES string of the molecule is CCCCCCCC(=O)OCC(CCCCN(CCO)CCCCC(COC(=O)CCCCCCC)COC(=O)CCCCCCC)COC(=O)CCCCCCC. The molecule has 10 heteroatoms. The van der Waals surface area contributed by atoms with Gasteiger partial charge in [-0.3, -0.25) is 19.2 Å². The number of esters is 4. The van der Waals surface area contributed by atoms with Gasteiger partial charge in [0.2, 0.25) is 0 Å². The molecule has 1 N–H and O–H groups in total. The lowest BCUT2D eigenvalue weighted by Gasteiger charge is -2.23. The Morgan fingerprint density at radius 3 is 0.914 bits per heavy atom. The van der Waals surface area contributed by atoms with Gasteiger partial charge < -0.3 is 29.0 Å². The summed E-state index contributed by atoms with van der Waals surface area (Å²) < 4.78 is 22.6. The molecule has 0 aliphatic heterocycles. The molecule has 0 radical (unpaired) electrons. The third-order valence-electron chi connectivity index (χ3n) is 10.9. The Kier molecular flexibility index (Phi) is 41.3. The van der Waals surface area contributed by atoms with E-state index in [1.165, 1.54) is 51.4 Å². The fraction of sp³-hybridized carbons (Fsp3) is 0.917. The quantitative estimate of drug-likeness (QED) is 0.0360. The monoisotopic (exact) mass is 826 g/mol. The first-order valence-corrected chi connectivity index (χ1v) is 24.2. The summed E-state index contributed by atoms with van der Waals surface area (Å²) in [7, 11) is 0. The molecular weight excluding hydrogens is 735 g/mol. The van der Waals surface area contributed by atoms with Crippen LogP contribution >= 0.6 is 0 Å². The first-order valence-electron chi connectivity index (χ1n) is 24.2. The van der Waals surface area contributed by atoms with Gasteiger partial charge in [-0.2, -0.15) is 0 Å². The highest BCUT2D eigenvalue weighted by molar-refractivity contribution is 5.70. The zero-order chi connectivity index (χ0) is 42.7. The summed E-state index contributed by atoms with van der Waals surface area (Å²) in [6, 6.07) is 0. The van der Waals surface area contributed by atoms with Gasteiger partial charge in [0.1, 0.15) is 0 Å². The van der Waals surface area contributed by atoms with Gasteiger partial charge in [0, 0.05) is 44.1 Å². The molecule has 0 aromatic rings. The highest BCUT2D eigenvalue weighted by Crippen LogP contribution is 2.17. The van der Waals surface area contributed by atoms with Crippen molar-refractivity contribution in [1.29, 1.82) is 0 Å².